The molecule has 96 valence electrons. The van der Waals surface area contributed by atoms with Gasteiger partial charge < -0.3 is 5.11 Å². The number of hydrogen-bond acceptors (Lipinski definition) is 3. The number of rotatable bonds is 3. The highest BCUT2D eigenvalue weighted by atomic mass is 35.5. The Morgan fingerprint density at radius 1 is 1.44 bits per heavy atom. The molecule has 18 heavy (non-hydrogen) atoms. The third kappa shape index (κ3) is 1.79. The third-order valence-corrected chi connectivity index (χ3v) is 4.77. The molecule has 0 radical (unpaired) electrons. The molecule has 4 nitrogen and oxygen atoms in total. The minimum atomic E-state index is -0.675. The van der Waals surface area contributed by atoms with Crippen molar-refractivity contribution in [2.45, 2.75) is 32.1 Å². The molecule has 3 unspecified atom stereocenters. The molecule has 0 aromatic carbocycles. The maximum atomic E-state index is 11.7. The smallest absolute Gasteiger partial charge is 0.310 e. The van der Waals surface area contributed by atoms with Crippen LogP contribution in [0.15, 0.2) is 12.4 Å². The van der Waals surface area contributed by atoms with Gasteiger partial charge in [0, 0.05) is 6.42 Å². The average molecular weight is 267 g/mol. The lowest BCUT2D eigenvalue weighted by molar-refractivity contribution is -0.152. The van der Waals surface area contributed by atoms with E-state index >= 15 is 0 Å². The van der Waals surface area contributed by atoms with E-state index in [1.165, 1.54) is 12.6 Å². The van der Waals surface area contributed by atoms with E-state index in [0.29, 0.717) is 23.4 Å². The van der Waals surface area contributed by atoms with Crippen LogP contribution in [0.3, 0.4) is 0 Å². The van der Waals surface area contributed by atoms with E-state index in [1.54, 1.807) is 6.20 Å². The van der Waals surface area contributed by atoms with Crippen LogP contribution in [0.5, 0.6) is 0 Å². The molecule has 1 heterocycles. The van der Waals surface area contributed by atoms with Gasteiger partial charge in [-0.15, -0.1) is 0 Å². The van der Waals surface area contributed by atoms with Crippen LogP contribution >= 0.6 is 11.6 Å². The molecule has 1 aromatic heterocycles. The topological polar surface area (TPSA) is 63.1 Å². The largest absolute Gasteiger partial charge is 0.481 e. The van der Waals surface area contributed by atoms with E-state index in [1.807, 2.05) is 0 Å². The molecular formula is C13H15ClN2O2. The number of carboxylic acid groups (broad SMARTS) is 1. The fourth-order valence-corrected chi connectivity index (χ4v) is 3.85. The number of nitrogens with zero attached hydrogens (tertiary/aromatic N) is 2. The fraction of sp³-hybridized carbons (Fsp3) is 0.615. The second-order valence-electron chi connectivity index (χ2n) is 5.55. The predicted molar refractivity (Wildman–Crippen MR) is 66.3 cm³/mol. The molecule has 5 heteroatoms. The fourth-order valence-electron chi connectivity index (χ4n) is 3.75. The molecule has 2 aliphatic rings. The Balaban J connectivity index is 1.88. The van der Waals surface area contributed by atoms with Gasteiger partial charge in [0.1, 0.15) is 5.15 Å². The number of carboxylic acids is 1. The minimum absolute atomic E-state index is 0.303. The number of hydrogen-bond donors (Lipinski definition) is 1. The maximum Gasteiger partial charge on any atom is 0.310 e. The summed E-state index contributed by atoms with van der Waals surface area (Å²) >= 11 is 5.70. The van der Waals surface area contributed by atoms with E-state index in [2.05, 4.69) is 9.97 Å². The van der Waals surface area contributed by atoms with E-state index in [-0.39, 0.29) is 0 Å². The highest BCUT2D eigenvalue weighted by Gasteiger charge is 2.55. The Labute approximate surface area is 110 Å². The zero-order chi connectivity index (χ0) is 12.8. The highest BCUT2D eigenvalue weighted by Crippen LogP contribution is 2.57. The van der Waals surface area contributed by atoms with Gasteiger partial charge in [-0.05, 0) is 31.1 Å². The van der Waals surface area contributed by atoms with Crippen LogP contribution in [0, 0.1) is 17.3 Å². The summed E-state index contributed by atoms with van der Waals surface area (Å²) in [5, 5.41) is 9.97. The summed E-state index contributed by atoms with van der Waals surface area (Å²) in [6.45, 7) is 0. The summed E-state index contributed by atoms with van der Waals surface area (Å²) < 4.78 is 0. The first-order valence-corrected chi connectivity index (χ1v) is 6.68. The monoisotopic (exact) mass is 266 g/mol. The molecular weight excluding hydrogens is 252 g/mol. The lowest BCUT2D eigenvalue weighted by Crippen LogP contribution is -2.38. The summed E-state index contributed by atoms with van der Waals surface area (Å²) in [7, 11) is 0. The SMILES string of the molecule is O=C(O)C1(Cc2cnc(Cl)cn2)CC2CCC1C2. The van der Waals surface area contributed by atoms with Crippen molar-refractivity contribution in [3.63, 3.8) is 0 Å². The van der Waals surface area contributed by atoms with E-state index in [0.717, 1.165) is 25.0 Å². The predicted octanol–water partition coefficient (Wildman–Crippen LogP) is 2.56. The lowest BCUT2D eigenvalue weighted by atomic mass is 9.70. The number of halogens is 1. The van der Waals surface area contributed by atoms with Gasteiger partial charge in [0.25, 0.3) is 0 Å². The molecule has 0 amide bonds. The number of aromatic nitrogens is 2. The Hall–Kier alpha value is -1.16. The second kappa shape index (κ2) is 4.19. The van der Waals surface area contributed by atoms with E-state index < -0.39 is 11.4 Å². The van der Waals surface area contributed by atoms with Crippen molar-refractivity contribution < 1.29 is 9.90 Å². The normalized spacial score (nSPS) is 33.8. The average Bonchev–Trinajstić information content (AvgIpc) is 2.93. The second-order valence-corrected chi connectivity index (χ2v) is 5.94. The molecule has 0 aliphatic heterocycles. The van der Waals surface area contributed by atoms with Gasteiger partial charge in [0.15, 0.2) is 0 Å². The van der Waals surface area contributed by atoms with Crippen LogP contribution < -0.4 is 0 Å². The molecule has 2 aliphatic carbocycles. The van der Waals surface area contributed by atoms with Crippen molar-refractivity contribution >= 4 is 17.6 Å². The van der Waals surface area contributed by atoms with E-state index in [4.69, 9.17) is 11.6 Å². The van der Waals surface area contributed by atoms with Crippen molar-refractivity contribution in [1.82, 2.24) is 9.97 Å². The first kappa shape index (κ1) is 11.9. The molecule has 2 saturated carbocycles. The summed E-state index contributed by atoms with van der Waals surface area (Å²) in [5.41, 5.74) is 0.111. The van der Waals surface area contributed by atoms with Crippen LogP contribution in [0.4, 0.5) is 0 Å². The molecule has 3 rings (SSSR count). The standard InChI is InChI=1S/C13H15ClN2O2/c14-11-7-15-10(6-16-11)5-13(12(17)18)4-8-1-2-9(13)3-8/h6-9H,1-5H2,(H,17,18). The highest BCUT2D eigenvalue weighted by molar-refractivity contribution is 6.29. The Kier molecular flexibility index (Phi) is 2.77. The molecule has 0 saturated heterocycles. The molecule has 3 atom stereocenters. The zero-order valence-corrected chi connectivity index (χ0v) is 10.7. The first-order chi connectivity index (χ1) is 8.60. The van der Waals surface area contributed by atoms with Gasteiger partial charge in [-0.3, -0.25) is 9.78 Å². The van der Waals surface area contributed by atoms with Crippen LogP contribution in [-0.2, 0) is 11.2 Å². The summed E-state index contributed by atoms with van der Waals surface area (Å²) in [6, 6.07) is 0. The van der Waals surface area contributed by atoms with Crippen LogP contribution in [-0.4, -0.2) is 21.0 Å². The summed E-state index contributed by atoms with van der Waals surface area (Å²) in [6.07, 6.45) is 7.64. The van der Waals surface area contributed by atoms with Crippen molar-refractivity contribution in [3.8, 4) is 0 Å². The van der Waals surface area contributed by atoms with Gasteiger partial charge in [-0.25, -0.2) is 4.98 Å². The minimum Gasteiger partial charge on any atom is -0.481 e. The number of fused-ring (bicyclic) bond motifs is 2. The quantitative estimate of drug-likeness (QED) is 0.913. The molecule has 1 aromatic rings. The maximum absolute atomic E-state index is 11.7. The Morgan fingerprint density at radius 3 is 2.78 bits per heavy atom. The van der Waals surface area contributed by atoms with Crippen LogP contribution in [0.2, 0.25) is 5.15 Å². The van der Waals surface area contributed by atoms with Gasteiger partial charge in [-0.2, -0.15) is 0 Å². The van der Waals surface area contributed by atoms with Crippen molar-refractivity contribution in [2.75, 3.05) is 0 Å². The van der Waals surface area contributed by atoms with Gasteiger partial charge in [0.05, 0.1) is 23.5 Å². The van der Waals surface area contributed by atoms with Crippen LogP contribution in [0.25, 0.3) is 0 Å². The number of carbonyl (C=O) groups is 1. The van der Waals surface area contributed by atoms with Crippen LogP contribution in [0.1, 0.15) is 31.4 Å². The molecule has 0 spiro atoms. The Morgan fingerprint density at radius 2 is 2.28 bits per heavy atom. The summed E-state index contributed by atoms with van der Waals surface area (Å²) in [5.74, 6) is 0.218. The number of aliphatic carboxylic acids is 1. The molecule has 1 N–H and O–H groups in total. The lowest BCUT2D eigenvalue weighted by Gasteiger charge is -2.33. The van der Waals surface area contributed by atoms with Gasteiger partial charge >= 0.3 is 5.97 Å². The summed E-state index contributed by atoms with van der Waals surface area (Å²) in [4.78, 5) is 19.9. The third-order valence-electron chi connectivity index (χ3n) is 4.57. The van der Waals surface area contributed by atoms with Gasteiger partial charge in [-0.1, -0.05) is 18.0 Å². The first-order valence-electron chi connectivity index (χ1n) is 6.30. The molecule has 2 bridgehead atoms. The van der Waals surface area contributed by atoms with Crippen molar-refractivity contribution in [1.29, 1.82) is 0 Å². The van der Waals surface area contributed by atoms with Crippen molar-refractivity contribution in [2.24, 2.45) is 17.3 Å². The van der Waals surface area contributed by atoms with Gasteiger partial charge in [0.2, 0.25) is 0 Å². The zero-order valence-electron chi connectivity index (χ0n) is 9.97. The Bertz CT molecular complexity index is 476. The van der Waals surface area contributed by atoms with Crippen molar-refractivity contribution in [3.05, 3.63) is 23.2 Å². The molecule has 2 fully saturated rings. The van der Waals surface area contributed by atoms with E-state index in [9.17, 15) is 9.90 Å².